The number of aromatic nitrogens is 2. The number of hydrogen-bond donors (Lipinski definition) is 3. The van der Waals surface area contributed by atoms with Gasteiger partial charge >= 0.3 is 11.7 Å². The average molecular weight is 434 g/mol. The van der Waals surface area contributed by atoms with Gasteiger partial charge in [-0.3, -0.25) is 28.8 Å². The molecule has 1 saturated heterocycles. The molecule has 1 spiro atoms. The zero-order valence-electron chi connectivity index (χ0n) is 18.2. The number of urea groups is 1. The van der Waals surface area contributed by atoms with Gasteiger partial charge < -0.3 is 16.0 Å². The fourth-order valence-electron chi connectivity index (χ4n) is 4.22. The molecule has 0 atom stereocenters. The molecule has 11 nitrogen and oxygen atoms in total. The Labute approximate surface area is 179 Å². The lowest BCUT2D eigenvalue weighted by Gasteiger charge is -2.33. The van der Waals surface area contributed by atoms with Gasteiger partial charge in [0, 0.05) is 13.6 Å². The summed E-state index contributed by atoms with van der Waals surface area (Å²) >= 11 is 0. The summed E-state index contributed by atoms with van der Waals surface area (Å²) < 4.78 is 1.20. The predicted octanol–water partition coefficient (Wildman–Crippen LogP) is 0.382. The molecule has 4 amide bonds. The zero-order valence-corrected chi connectivity index (χ0v) is 18.2. The summed E-state index contributed by atoms with van der Waals surface area (Å²) in [6.07, 6.45) is 4.18. The fourth-order valence-corrected chi connectivity index (χ4v) is 4.22. The van der Waals surface area contributed by atoms with Crippen molar-refractivity contribution in [2.24, 2.45) is 5.92 Å². The van der Waals surface area contributed by atoms with Crippen LogP contribution in [0.3, 0.4) is 0 Å². The molecule has 0 radical (unpaired) electrons. The highest BCUT2D eigenvalue weighted by Gasteiger charge is 2.52. The van der Waals surface area contributed by atoms with Crippen LogP contribution < -0.4 is 27.2 Å². The molecular formula is C20H30N6O5. The maximum Gasteiger partial charge on any atom is 0.330 e. The second-order valence-corrected chi connectivity index (χ2v) is 8.54. The van der Waals surface area contributed by atoms with Crippen LogP contribution in [-0.2, 0) is 16.1 Å². The third kappa shape index (κ3) is 4.08. The van der Waals surface area contributed by atoms with Gasteiger partial charge in [0.1, 0.15) is 17.9 Å². The van der Waals surface area contributed by atoms with Crippen molar-refractivity contribution < 1.29 is 14.4 Å². The number of carbonyl (C=O) groups excluding carboxylic acids is 3. The van der Waals surface area contributed by atoms with Gasteiger partial charge in [-0.1, -0.05) is 20.3 Å². The zero-order chi connectivity index (χ0) is 22.9. The van der Waals surface area contributed by atoms with Crippen LogP contribution in [0.4, 0.5) is 16.3 Å². The Kier molecular flexibility index (Phi) is 6.23. The summed E-state index contributed by atoms with van der Waals surface area (Å²) in [5, 5.41) is 2.76. The summed E-state index contributed by atoms with van der Waals surface area (Å²) in [7, 11) is 1.33. The molecule has 2 aliphatic rings. The number of aromatic amines is 1. The molecule has 170 valence electrons. The second kappa shape index (κ2) is 8.56. The fraction of sp³-hybridized carbons (Fsp3) is 0.650. The number of H-pyrrole nitrogens is 1. The number of imide groups is 1. The lowest BCUT2D eigenvalue weighted by atomic mass is 9.77. The number of carbonyl (C=O) groups is 3. The summed E-state index contributed by atoms with van der Waals surface area (Å²) in [5.41, 5.74) is 3.45. The number of nitrogens with zero attached hydrogens (tertiary/aromatic N) is 3. The van der Waals surface area contributed by atoms with Crippen LogP contribution in [0.5, 0.6) is 0 Å². The van der Waals surface area contributed by atoms with Crippen molar-refractivity contribution in [1.29, 1.82) is 0 Å². The number of hydrogen-bond acceptors (Lipinski definition) is 6. The number of nitrogens with one attached hydrogen (secondary N) is 2. The van der Waals surface area contributed by atoms with Gasteiger partial charge in [0.2, 0.25) is 5.91 Å². The van der Waals surface area contributed by atoms with E-state index in [0.717, 1.165) is 29.1 Å². The molecule has 31 heavy (non-hydrogen) atoms. The number of amides is 4. The molecule has 1 aliphatic heterocycles. The topological polar surface area (TPSA) is 151 Å². The van der Waals surface area contributed by atoms with E-state index >= 15 is 0 Å². The first-order valence-corrected chi connectivity index (χ1v) is 10.6. The van der Waals surface area contributed by atoms with Gasteiger partial charge in [0.25, 0.3) is 11.5 Å². The molecule has 1 aliphatic carbocycles. The molecule has 1 aromatic rings. The monoisotopic (exact) mass is 434 g/mol. The van der Waals surface area contributed by atoms with Crippen LogP contribution in [0.2, 0.25) is 0 Å². The van der Waals surface area contributed by atoms with E-state index in [0.29, 0.717) is 31.7 Å². The lowest BCUT2D eigenvalue weighted by Crippen LogP contribution is -2.50. The van der Waals surface area contributed by atoms with Crippen LogP contribution in [0.25, 0.3) is 0 Å². The molecule has 0 unspecified atom stereocenters. The minimum atomic E-state index is -0.952. The van der Waals surface area contributed by atoms with E-state index in [-0.39, 0.29) is 11.5 Å². The van der Waals surface area contributed by atoms with Crippen LogP contribution in [0, 0.1) is 5.92 Å². The van der Waals surface area contributed by atoms with E-state index in [1.165, 1.54) is 11.6 Å². The number of unbranched alkanes of at least 4 members (excludes halogenated alkanes) is 1. The first-order chi connectivity index (χ1) is 14.6. The molecule has 1 aromatic heterocycles. The quantitative estimate of drug-likeness (QED) is 0.551. The Bertz CT molecular complexity index is 1000. The smallest absolute Gasteiger partial charge is 0.330 e. The molecule has 1 saturated carbocycles. The van der Waals surface area contributed by atoms with Crippen LogP contribution in [-0.4, -0.2) is 51.4 Å². The van der Waals surface area contributed by atoms with Gasteiger partial charge in [-0.15, -0.1) is 0 Å². The highest BCUT2D eigenvalue weighted by Crippen LogP contribution is 2.36. The Hall–Kier alpha value is -3.11. The number of likely N-dealkylation sites (N-methyl/N-ethyl adjacent to an activating group) is 1. The van der Waals surface area contributed by atoms with Crippen LogP contribution >= 0.6 is 0 Å². The Balaban J connectivity index is 1.81. The molecule has 4 N–H and O–H groups in total. The van der Waals surface area contributed by atoms with Crippen LogP contribution in [0.1, 0.15) is 52.4 Å². The maximum absolute atomic E-state index is 13.0. The molecular weight excluding hydrogens is 404 g/mol. The van der Waals surface area contributed by atoms with E-state index in [9.17, 15) is 24.0 Å². The van der Waals surface area contributed by atoms with E-state index in [1.807, 2.05) is 6.92 Å². The van der Waals surface area contributed by atoms with Gasteiger partial charge in [0.05, 0.1) is 0 Å². The summed E-state index contributed by atoms with van der Waals surface area (Å²) in [5.74, 6) is -0.730. The molecule has 0 aromatic carbocycles. The maximum atomic E-state index is 13.0. The predicted molar refractivity (Wildman–Crippen MR) is 115 cm³/mol. The van der Waals surface area contributed by atoms with Crippen molar-refractivity contribution in [1.82, 2.24) is 19.8 Å². The van der Waals surface area contributed by atoms with Crippen LogP contribution in [0.15, 0.2) is 9.59 Å². The highest BCUT2D eigenvalue weighted by atomic mass is 16.2. The first kappa shape index (κ1) is 22.6. The summed E-state index contributed by atoms with van der Waals surface area (Å²) in [4.78, 5) is 66.9. The Morgan fingerprint density at radius 1 is 1.23 bits per heavy atom. The van der Waals surface area contributed by atoms with E-state index < -0.39 is 41.2 Å². The molecule has 3 rings (SSSR count). The highest BCUT2D eigenvalue weighted by molar-refractivity contribution is 6.10. The first-order valence-electron chi connectivity index (χ1n) is 10.6. The van der Waals surface area contributed by atoms with Gasteiger partial charge in [-0.05, 0) is 38.0 Å². The number of anilines is 2. The molecule has 2 fully saturated rings. The van der Waals surface area contributed by atoms with Crippen molar-refractivity contribution in [3.05, 3.63) is 20.8 Å². The number of rotatable bonds is 6. The largest absolute Gasteiger partial charge is 0.383 e. The van der Waals surface area contributed by atoms with E-state index in [1.54, 1.807) is 0 Å². The number of nitrogens with two attached hydrogens (primary N) is 1. The van der Waals surface area contributed by atoms with Gasteiger partial charge in [-0.2, -0.15) is 0 Å². The molecule has 0 bridgehead atoms. The normalized spacial score (nSPS) is 23.3. The number of nitrogen functional groups attached to an aromatic ring is 1. The van der Waals surface area contributed by atoms with Crippen molar-refractivity contribution in [2.75, 3.05) is 24.2 Å². The van der Waals surface area contributed by atoms with Crippen molar-refractivity contribution in [3.63, 3.8) is 0 Å². The third-order valence-corrected chi connectivity index (χ3v) is 6.33. The second-order valence-electron chi connectivity index (χ2n) is 8.54. The Morgan fingerprint density at radius 2 is 1.87 bits per heavy atom. The molecule has 11 heteroatoms. The molecule has 2 heterocycles. The summed E-state index contributed by atoms with van der Waals surface area (Å²) in [6, 6.07) is -0.615. The SMILES string of the molecule is CCCCn1c(N)c(N(C)C(=O)CN2C(=O)NC3(CCC(C)CC3)C2=O)c(=O)[nH]c1=O. The minimum Gasteiger partial charge on any atom is -0.383 e. The standard InChI is InChI=1S/C20H30N6O5/c1-4-5-10-25-15(21)14(16(28)22-18(25)30)24(3)13(27)11-26-17(29)20(23-19(26)31)8-6-12(2)7-9-20/h12H,4-11,21H2,1-3H3,(H,23,31)(H,22,28,30). The Morgan fingerprint density at radius 3 is 2.48 bits per heavy atom. The van der Waals surface area contributed by atoms with Gasteiger partial charge in [0.15, 0.2) is 5.69 Å². The van der Waals surface area contributed by atoms with Crippen molar-refractivity contribution >= 4 is 29.4 Å². The van der Waals surface area contributed by atoms with Crippen molar-refractivity contribution in [3.8, 4) is 0 Å². The average Bonchev–Trinajstić information content (AvgIpc) is 2.94. The minimum absolute atomic E-state index is 0.131. The van der Waals surface area contributed by atoms with Gasteiger partial charge in [-0.25, -0.2) is 9.59 Å². The lowest BCUT2D eigenvalue weighted by molar-refractivity contribution is -0.135. The summed E-state index contributed by atoms with van der Waals surface area (Å²) in [6.45, 7) is 3.82. The van der Waals surface area contributed by atoms with E-state index in [4.69, 9.17) is 5.73 Å². The third-order valence-electron chi connectivity index (χ3n) is 6.33. The van der Waals surface area contributed by atoms with Crippen molar-refractivity contribution in [2.45, 2.75) is 64.5 Å². The van der Waals surface area contributed by atoms with E-state index in [2.05, 4.69) is 17.2 Å².